The van der Waals surface area contributed by atoms with E-state index in [1.54, 1.807) is 25.2 Å². The highest BCUT2D eigenvalue weighted by Crippen LogP contribution is 2.04. The van der Waals surface area contributed by atoms with E-state index < -0.39 is 0 Å². The fourth-order valence-electron chi connectivity index (χ4n) is 0.804. The van der Waals surface area contributed by atoms with Crippen LogP contribution < -0.4 is 0 Å². The van der Waals surface area contributed by atoms with Gasteiger partial charge in [0.05, 0.1) is 0 Å². The average Bonchev–Trinajstić information content (AvgIpc) is 2.00. The maximum absolute atomic E-state index is 10.8. The van der Waals surface area contributed by atoms with Gasteiger partial charge in [-0.1, -0.05) is 43.5 Å². The van der Waals surface area contributed by atoms with E-state index >= 15 is 0 Å². The number of ketones is 1. The van der Waals surface area contributed by atoms with Gasteiger partial charge in [0, 0.05) is 6.42 Å². The molecule has 0 spiro atoms. The molecule has 0 aromatic rings. The molecule has 1 heteroatoms. The summed E-state index contributed by atoms with van der Waals surface area (Å²) in [5.74, 6) is 0.150. The van der Waals surface area contributed by atoms with Gasteiger partial charge in [0.25, 0.3) is 0 Å². The minimum atomic E-state index is 0.150. The van der Waals surface area contributed by atoms with Crippen LogP contribution in [0.2, 0.25) is 0 Å². The van der Waals surface area contributed by atoms with Crippen LogP contribution in [-0.4, -0.2) is 5.78 Å². The highest BCUT2D eigenvalue weighted by Gasteiger charge is 1.95. The van der Waals surface area contributed by atoms with Crippen LogP contribution in [0.3, 0.4) is 0 Å². The van der Waals surface area contributed by atoms with Crippen LogP contribution in [0.15, 0.2) is 49.1 Å². The van der Waals surface area contributed by atoms with Gasteiger partial charge in [-0.2, -0.15) is 0 Å². The Balaban J connectivity index is 4.33. The van der Waals surface area contributed by atoms with Crippen LogP contribution in [0.25, 0.3) is 0 Å². The van der Waals surface area contributed by atoms with E-state index in [4.69, 9.17) is 0 Å². The van der Waals surface area contributed by atoms with E-state index in [-0.39, 0.29) is 5.78 Å². The van der Waals surface area contributed by atoms with Crippen molar-refractivity contribution in [3.8, 4) is 0 Å². The lowest BCUT2D eigenvalue weighted by Crippen LogP contribution is -1.90. The van der Waals surface area contributed by atoms with Crippen LogP contribution in [0, 0.1) is 0 Å². The summed E-state index contributed by atoms with van der Waals surface area (Å²) in [7, 11) is 0. The highest BCUT2D eigenvalue weighted by atomic mass is 16.1. The standard InChI is InChI=1S/C11H14O/c1-4-6-8-11(7-5-2)9-10(3)12/h4-8H,1-2,9H2,3H3/b8-6-,11-7+. The number of hydrogen-bond acceptors (Lipinski definition) is 1. The first kappa shape index (κ1) is 10.6. The largest absolute Gasteiger partial charge is 0.300 e. The van der Waals surface area contributed by atoms with Gasteiger partial charge >= 0.3 is 0 Å². The molecular formula is C11H14O. The zero-order chi connectivity index (χ0) is 9.40. The first-order valence-electron chi connectivity index (χ1n) is 3.81. The Morgan fingerprint density at radius 1 is 1.33 bits per heavy atom. The summed E-state index contributed by atoms with van der Waals surface area (Å²) >= 11 is 0. The Hall–Kier alpha value is -1.37. The number of Topliss-reactive ketones (excluding diaryl/α,β-unsaturated/α-hetero) is 1. The Kier molecular flexibility index (Phi) is 5.62. The fraction of sp³-hybridized carbons (Fsp3) is 0.182. The Morgan fingerprint density at radius 2 is 2.00 bits per heavy atom. The molecule has 0 unspecified atom stereocenters. The second kappa shape index (κ2) is 6.35. The van der Waals surface area contributed by atoms with Crippen LogP contribution in [0.1, 0.15) is 13.3 Å². The van der Waals surface area contributed by atoms with Gasteiger partial charge in [-0.25, -0.2) is 0 Å². The van der Waals surface area contributed by atoms with E-state index in [1.165, 1.54) is 0 Å². The average molecular weight is 162 g/mol. The second-order valence-corrected chi connectivity index (χ2v) is 2.45. The smallest absolute Gasteiger partial charge is 0.134 e. The number of carbonyl (C=O) groups is 1. The summed E-state index contributed by atoms with van der Waals surface area (Å²) in [6.45, 7) is 8.68. The summed E-state index contributed by atoms with van der Waals surface area (Å²) in [5.41, 5.74) is 0.956. The Bertz CT molecular complexity index is 231. The molecule has 12 heavy (non-hydrogen) atoms. The first-order chi connectivity index (χ1) is 5.70. The summed E-state index contributed by atoms with van der Waals surface area (Å²) in [6.07, 6.45) is 9.29. The van der Waals surface area contributed by atoms with Crippen molar-refractivity contribution in [1.82, 2.24) is 0 Å². The molecule has 64 valence electrons. The van der Waals surface area contributed by atoms with Crippen molar-refractivity contribution in [2.45, 2.75) is 13.3 Å². The second-order valence-electron chi connectivity index (χ2n) is 2.45. The molecule has 0 aliphatic carbocycles. The number of hydrogen-bond donors (Lipinski definition) is 0. The SMILES string of the molecule is C=C/C=C\C(=C/C=C)CC(C)=O. The molecule has 0 aliphatic rings. The Labute approximate surface area is 73.8 Å². The first-order valence-corrected chi connectivity index (χ1v) is 3.81. The van der Waals surface area contributed by atoms with Crippen molar-refractivity contribution in [3.63, 3.8) is 0 Å². The van der Waals surface area contributed by atoms with E-state index in [0.29, 0.717) is 6.42 Å². The van der Waals surface area contributed by atoms with Crippen LogP contribution in [-0.2, 0) is 4.79 Å². The quantitative estimate of drug-likeness (QED) is 0.568. The van der Waals surface area contributed by atoms with E-state index in [9.17, 15) is 4.79 Å². The number of carbonyl (C=O) groups excluding carboxylic acids is 1. The molecule has 0 aromatic heterocycles. The molecule has 0 radical (unpaired) electrons. The Morgan fingerprint density at radius 3 is 2.42 bits per heavy atom. The fourth-order valence-corrected chi connectivity index (χ4v) is 0.804. The van der Waals surface area contributed by atoms with Crippen LogP contribution >= 0.6 is 0 Å². The normalized spacial score (nSPS) is 11.6. The number of rotatable bonds is 5. The third-order valence-electron chi connectivity index (χ3n) is 1.23. The van der Waals surface area contributed by atoms with E-state index in [2.05, 4.69) is 13.2 Å². The lowest BCUT2D eigenvalue weighted by Gasteiger charge is -1.95. The van der Waals surface area contributed by atoms with Crippen molar-refractivity contribution in [2.24, 2.45) is 0 Å². The lowest BCUT2D eigenvalue weighted by molar-refractivity contribution is -0.116. The van der Waals surface area contributed by atoms with Gasteiger partial charge in [0.15, 0.2) is 0 Å². The van der Waals surface area contributed by atoms with Gasteiger partial charge in [-0.05, 0) is 12.5 Å². The summed E-state index contributed by atoms with van der Waals surface area (Å²) in [6, 6.07) is 0. The molecular weight excluding hydrogens is 148 g/mol. The zero-order valence-electron chi connectivity index (χ0n) is 7.42. The van der Waals surface area contributed by atoms with Crippen LogP contribution in [0.4, 0.5) is 0 Å². The minimum absolute atomic E-state index is 0.150. The topological polar surface area (TPSA) is 17.1 Å². The number of allylic oxidation sites excluding steroid dienone is 6. The van der Waals surface area contributed by atoms with Crippen molar-refractivity contribution in [2.75, 3.05) is 0 Å². The summed E-state index contributed by atoms with van der Waals surface area (Å²) < 4.78 is 0. The molecule has 0 rings (SSSR count). The molecule has 0 aliphatic heterocycles. The summed E-state index contributed by atoms with van der Waals surface area (Å²) in [5, 5.41) is 0. The molecule has 0 N–H and O–H groups in total. The van der Waals surface area contributed by atoms with Gasteiger partial charge in [0.1, 0.15) is 5.78 Å². The molecule has 0 atom stereocenters. The molecule has 0 saturated heterocycles. The molecule has 0 heterocycles. The third-order valence-corrected chi connectivity index (χ3v) is 1.23. The van der Waals surface area contributed by atoms with E-state index in [0.717, 1.165) is 5.57 Å². The predicted molar refractivity (Wildman–Crippen MR) is 52.9 cm³/mol. The molecule has 0 amide bonds. The third kappa shape index (κ3) is 5.42. The summed E-state index contributed by atoms with van der Waals surface area (Å²) in [4.78, 5) is 10.8. The van der Waals surface area contributed by atoms with Gasteiger partial charge in [-0.3, -0.25) is 4.79 Å². The molecule has 0 bridgehead atoms. The van der Waals surface area contributed by atoms with Crippen molar-refractivity contribution in [3.05, 3.63) is 49.1 Å². The maximum atomic E-state index is 10.8. The van der Waals surface area contributed by atoms with Crippen molar-refractivity contribution in [1.29, 1.82) is 0 Å². The lowest BCUT2D eigenvalue weighted by atomic mass is 10.1. The molecule has 1 nitrogen and oxygen atoms in total. The van der Waals surface area contributed by atoms with E-state index in [1.807, 2.05) is 12.2 Å². The highest BCUT2D eigenvalue weighted by molar-refractivity contribution is 5.78. The molecule has 0 aromatic carbocycles. The van der Waals surface area contributed by atoms with Crippen LogP contribution in [0.5, 0.6) is 0 Å². The molecule has 0 saturated carbocycles. The van der Waals surface area contributed by atoms with Crippen molar-refractivity contribution < 1.29 is 4.79 Å². The zero-order valence-corrected chi connectivity index (χ0v) is 7.42. The predicted octanol–water partition coefficient (Wildman–Crippen LogP) is 2.82. The van der Waals surface area contributed by atoms with Crippen molar-refractivity contribution >= 4 is 5.78 Å². The van der Waals surface area contributed by atoms with Gasteiger partial charge in [0.2, 0.25) is 0 Å². The van der Waals surface area contributed by atoms with Gasteiger partial charge in [-0.15, -0.1) is 0 Å². The molecule has 0 fully saturated rings. The monoisotopic (exact) mass is 162 g/mol. The minimum Gasteiger partial charge on any atom is -0.300 e. The maximum Gasteiger partial charge on any atom is 0.134 e. The van der Waals surface area contributed by atoms with Gasteiger partial charge < -0.3 is 0 Å².